The summed E-state index contributed by atoms with van der Waals surface area (Å²) in [6, 6.07) is 11.3. The maximum absolute atomic E-state index is 2.40. The SMILES string of the molecule is CCCCCCCCC(c1ccccc1)C1CCC=CCC1. The highest BCUT2D eigenvalue weighted by molar-refractivity contribution is 5.20. The summed E-state index contributed by atoms with van der Waals surface area (Å²) in [4.78, 5) is 0. The van der Waals surface area contributed by atoms with Gasteiger partial charge in [0.1, 0.15) is 0 Å². The maximum atomic E-state index is 2.40. The highest BCUT2D eigenvalue weighted by atomic mass is 14.3. The molecule has 0 saturated heterocycles. The van der Waals surface area contributed by atoms with E-state index >= 15 is 0 Å². The van der Waals surface area contributed by atoms with Gasteiger partial charge in [-0.25, -0.2) is 0 Å². The third-order valence-corrected chi connectivity index (χ3v) is 5.24. The molecule has 1 atom stereocenters. The molecule has 0 saturated carbocycles. The van der Waals surface area contributed by atoms with Gasteiger partial charge in [0, 0.05) is 0 Å². The van der Waals surface area contributed by atoms with Crippen molar-refractivity contribution in [3.8, 4) is 0 Å². The molecular weight excluding hydrogens is 264 g/mol. The van der Waals surface area contributed by atoms with Gasteiger partial charge in [0.25, 0.3) is 0 Å². The molecule has 2 rings (SSSR count). The average Bonchev–Trinajstić information content (AvgIpc) is 2.84. The molecule has 0 N–H and O–H groups in total. The molecule has 22 heavy (non-hydrogen) atoms. The highest BCUT2D eigenvalue weighted by Gasteiger charge is 2.22. The molecule has 0 spiro atoms. The lowest BCUT2D eigenvalue weighted by molar-refractivity contribution is 0.353. The standard InChI is InChI=1S/C22H34/c1-2-3-4-5-6-14-19-22(21-17-12-9-13-18-21)20-15-10-7-8-11-16-20/h7-9,12-13,17-18,20,22H,2-6,10-11,14-16,19H2,1H3. The van der Waals surface area contributed by atoms with Crippen molar-refractivity contribution in [3.63, 3.8) is 0 Å². The van der Waals surface area contributed by atoms with Gasteiger partial charge in [-0.15, -0.1) is 0 Å². The van der Waals surface area contributed by atoms with Crippen molar-refractivity contribution in [2.75, 3.05) is 0 Å². The molecule has 1 aliphatic rings. The van der Waals surface area contributed by atoms with E-state index in [4.69, 9.17) is 0 Å². The van der Waals surface area contributed by atoms with E-state index in [1.165, 1.54) is 70.6 Å². The molecule has 0 nitrogen and oxygen atoms in total. The fraction of sp³-hybridized carbons (Fsp3) is 0.636. The van der Waals surface area contributed by atoms with Crippen LogP contribution in [0.15, 0.2) is 42.5 Å². The number of hydrogen-bond donors (Lipinski definition) is 0. The van der Waals surface area contributed by atoms with Crippen LogP contribution in [0.25, 0.3) is 0 Å². The molecule has 1 unspecified atom stereocenters. The van der Waals surface area contributed by atoms with Crippen molar-refractivity contribution < 1.29 is 0 Å². The molecule has 0 heteroatoms. The lowest BCUT2D eigenvalue weighted by Gasteiger charge is -2.27. The van der Waals surface area contributed by atoms with E-state index in [1.807, 2.05) is 0 Å². The predicted molar refractivity (Wildman–Crippen MR) is 98.3 cm³/mol. The maximum Gasteiger partial charge on any atom is -0.0133 e. The van der Waals surface area contributed by atoms with E-state index in [9.17, 15) is 0 Å². The summed E-state index contributed by atoms with van der Waals surface area (Å²) < 4.78 is 0. The molecule has 0 heterocycles. The number of rotatable bonds is 9. The zero-order chi connectivity index (χ0) is 15.5. The van der Waals surface area contributed by atoms with E-state index in [-0.39, 0.29) is 0 Å². The lowest BCUT2D eigenvalue weighted by Crippen LogP contribution is -2.13. The summed E-state index contributed by atoms with van der Waals surface area (Å²) in [5.41, 5.74) is 1.59. The minimum atomic E-state index is 0.785. The molecule has 0 fully saturated rings. The molecule has 122 valence electrons. The van der Waals surface area contributed by atoms with Gasteiger partial charge in [-0.3, -0.25) is 0 Å². The minimum absolute atomic E-state index is 0.785. The van der Waals surface area contributed by atoms with E-state index < -0.39 is 0 Å². The quantitative estimate of drug-likeness (QED) is 0.332. The summed E-state index contributed by atoms with van der Waals surface area (Å²) in [6.45, 7) is 2.30. The van der Waals surface area contributed by atoms with Crippen LogP contribution in [-0.4, -0.2) is 0 Å². The lowest BCUT2D eigenvalue weighted by atomic mass is 9.78. The van der Waals surface area contributed by atoms with Gasteiger partial charge in [0.2, 0.25) is 0 Å². The first-order valence-corrected chi connectivity index (χ1v) is 9.61. The van der Waals surface area contributed by atoms with Gasteiger partial charge in [0.15, 0.2) is 0 Å². The Morgan fingerprint density at radius 2 is 1.50 bits per heavy atom. The van der Waals surface area contributed by atoms with E-state index in [2.05, 4.69) is 49.4 Å². The summed E-state index contributed by atoms with van der Waals surface area (Å²) >= 11 is 0. The molecule has 0 bridgehead atoms. The van der Waals surface area contributed by atoms with E-state index in [1.54, 1.807) is 5.56 Å². The van der Waals surface area contributed by atoms with Crippen molar-refractivity contribution in [3.05, 3.63) is 48.0 Å². The third-order valence-electron chi connectivity index (χ3n) is 5.24. The number of allylic oxidation sites excluding steroid dienone is 2. The van der Waals surface area contributed by atoms with Crippen molar-refractivity contribution >= 4 is 0 Å². The van der Waals surface area contributed by atoms with Gasteiger partial charge in [-0.2, -0.15) is 0 Å². The monoisotopic (exact) mass is 298 g/mol. The Morgan fingerprint density at radius 1 is 0.864 bits per heavy atom. The van der Waals surface area contributed by atoms with Crippen LogP contribution >= 0.6 is 0 Å². The zero-order valence-electron chi connectivity index (χ0n) is 14.5. The normalized spacial score (nSPS) is 17.3. The molecule has 0 amide bonds. The Labute approximate surface area is 138 Å². The van der Waals surface area contributed by atoms with Crippen LogP contribution in [0.1, 0.15) is 89.0 Å². The molecular formula is C22H34. The molecule has 0 aromatic heterocycles. The second-order valence-corrected chi connectivity index (χ2v) is 6.96. The fourth-order valence-electron chi connectivity index (χ4n) is 3.92. The van der Waals surface area contributed by atoms with Crippen LogP contribution in [-0.2, 0) is 0 Å². The van der Waals surface area contributed by atoms with Crippen LogP contribution in [0.2, 0.25) is 0 Å². The van der Waals surface area contributed by atoms with Crippen LogP contribution in [0, 0.1) is 5.92 Å². The van der Waals surface area contributed by atoms with Crippen LogP contribution in [0.3, 0.4) is 0 Å². The molecule has 1 aliphatic carbocycles. The van der Waals surface area contributed by atoms with Crippen LogP contribution in [0.4, 0.5) is 0 Å². The summed E-state index contributed by atoms with van der Waals surface area (Å²) in [6.07, 6.45) is 20.0. The van der Waals surface area contributed by atoms with E-state index in [0.29, 0.717) is 0 Å². The Balaban J connectivity index is 1.87. The van der Waals surface area contributed by atoms with Gasteiger partial charge in [0.05, 0.1) is 0 Å². The summed E-state index contributed by atoms with van der Waals surface area (Å²) in [5, 5.41) is 0. The first kappa shape index (κ1) is 17.3. The van der Waals surface area contributed by atoms with Crippen LogP contribution in [0.5, 0.6) is 0 Å². The third kappa shape index (κ3) is 5.99. The Kier molecular flexibility index (Phi) is 8.38. The van der Waals surface area contributed by atoms with Crippen molar-refractivity contribution in [2.24, 2.45) is 5.92 Å². The van der Waals surface area contributed by atoms with E-state index in [0.717, 1.165) is 11.8 Å². The second-order valence-electron chi connectivity index (χ2n) is 6.96. The van der Waals surface area contributed by atoms with Crippen molar-refractivity contribution in [1.82, 2.24) is 0 Å². The first-order chi connectivity index (χ1) is 10.9. The molecule has 0 radical (unpaired) electrons. The molecule has 1 aromatic rings. The minimum Gasteiger partial charge on any atom is -0.0885 e. The number of benzene rings is 1. The average molecular weight is 299 g/mol. The number of hydrogen-bond acceptors (Lipinski definition) is 0. The molecule has 0 aliphatic heterocycles. The van der Waals surface area contributed by atoms with Crippen molar-refractivity contribution in [1.29, 1.82) is 0 Å². The van der Waals surface area contributed by atoms with Gasteiger partial charge in [-0.05, 0) is 49.5 Å². The van der Waals surface area contributed by atoms with Gasteiger partial charge in [-0.1, -0.05) is 87.9 Å². The zero-order valence-corrected chi connectivity index (χ0v) is 14.5. The van der Waals surface area contributed by atoms with Crippen LogP contribution < -0.4 is 0 Å². The number of unbranched alkanes of at least 4 members (excludes halogenated alkanes) is 5. The van der Waals surface area contributed by atoms with Gasteiger partial charge >= 0.3 is 0 Å². The first-order valence-electron chi connectivity index (χ1n) is 9.61. The van der Waals surface area contributed by atoms with Gasteiger partial charge < -0.3 is 0 Å². The largest absolute Gasteiger partial charge is 0.0885 e. The predicted octanol–water partition coefficient (Wildman–Crippen LogP) is 7.27. The van der Waals surface area contributed by atoms with Crippen molar-refractivity contribution in [2.45, 2.75) is 83.5 Å². The fourth-order valence-corrected chi connectivity index (χ4v) is 3.92. The highest BCUT2D eigenvalue weighted by Crippen LogP contribution is 2.37. The second kappa shape index (κ2) is 10.6. The Hall–Kier alpha value is -1.04. The smallest absolute Gasteiger partial charge is 0.0133 e. The summed E-state index contributed by atoms with van der Waals surface area (Å²) in [5.74, 6) is 1.67. The topological polar surface area (TPSA) is 0 Å². The molecule has 1 aromatic carbocycles. The Bertz CT molecular complexity index is 393. The summed E-state index contributed by atoms with van der Waals surface area (Å²) in [7, 11) is 0. The Morgan fingerprint density at radius 3 is 2.18 bits per heavy atom.